The molecule has 0 aliphatic heterocycles. The first-order valence-electron chi connectivity index (χ1n) is 8.28. The summed E-state index contributed by atoms with van der Waals surface area (Å²) in [4.78, 5) is 9.38. The standard InChI is InChI=1S/C20H15N5S/c1-12-14-11-15(20-22-16-9-5-6-10-17(16)26-20)18(21)23-19(14)25(24-12)13-7-3-2-4-8-13/h2-11H,1H3,(H2,21,23). The van der Waals surface area contributed by atoms with Crippen molar-refractivity contribution < 1.29 is 0 Å². The van der Waals surface area contributed by atoms with E-state index in [4.69, 9.17) is 10.7 Å². The molecule has 5 nitrogen and oxygen atoms in total. The van der Waals surface area contributed by atoms with Gasteiger partial charge in [-0.05, 0) is 37.3 Å². The van der Waals surface area contributed by atoms with Crippen molar-refractivity contribution in [1.29, 1.82) is 0 Å². The van der Waals surface area contributed by atoms with Gasteiger partial charge in [0.25, 0.3) is 0 Å². The Bertz CT molecular complexity index is 1220. The topological polar surface area (TPSA) is 69.6 Å². The molecule has 0 bridgehead atoms. The van der Waals surface area contributed by atoms with Crippen molar-refractivity contribution >= 4 is 38.4 Å². The number of benzene rings is 2. The molecule has 3 heterocycles. The van der Waals surface area contributed by atoms with Gasteiger partial charge in [0.1, 0.15) is 10.8 Å². The maximum atomic E-state index is 6.31. The minimum atomic E-state index is 0.466. The molecular formula is C20H15N5S. The molecule has 5 rings (SSSR count). The third kappa shape index (κ3) is 2.27. The maximum absolute atomic E-state index is 6.31. The zero-order valence-electron chi connectivity index (χ0n) is 14.0. The van der Waals surface area contributed by atoms with E-state index < -0.39 is 0 Å². The van der Waals surface area contributed by atoms with Crippen LogP contribution in [0.2, 0.25) is 0 Å². The van der Waals surface area contributed by atoms with Crippen LogP contribution in [0, 0.1) is 6.92 Å². The lowest BCUT2D eigenvalue weighted by Gasteiger charge is -2.05. The van der Waals surface area contributed by atoms with Gasteiger partial charge in [0.2, 0.25) is 0 Å². The van der Waals surface area contributed by atoms with Crippen LogP contribution in [0.15, 0.2) is 60.7 Å². The summed E-state index contributed by atoms with van der Waals surface area (Å²) in [7, 11) is 0. The summed E-state index contributed by atoms with van der Waals surface area (Å²) in [6.07, 6.45) is 0. The van der Waals surface area contributed by atoms with E-state index in [0.717, 1.165) is 43.2 Å². The number of aryl methyl sites for hydroxylation is 1. The van der Waals surface area contributed by atoms with Crippen LogP contribution in [0.25, 0.3) is 37.5 Å². The Morgan fingerprint density at radius 2 is 1.73 bits per heavy atom. The average Bonchev–Trinajstić information content (AvgIpc) is 3.23. The third-order valence-electron chi connectivity index (χ3n) is 4.40. The van der Waals surface area contributed by atoms with Gasteiger partial charge in [-0.25, -0.2) is 14.6 Å². The van der Waals surface area contributed by atoms with E-state index in [1.807, 2.05) is 60.1 Å². The number of nitrogen functional groups attached to an aromatic ring is 1. The van der Waals surface area contributed by atoms with Crippen LogP contribution in [0.1, 0.15) is 5.69 Å². The molecule has 5 aromatic rings. The number of pyridine rings is 1. The number of nitrogens with zero attached hydrogens (tertiary/aromatic N) is 4. The lowest BCUT2D eigenvalue weighted by atomic mass is 10.2. The van der Waals surface area contributed by atoms with Gasteiger partial charge in [0.15, 0.2) is 5.65 Å². The van der Waals surface area contributed by atoms with Gasteiger partial charge in [-0.2, -0.15) is 5.10 Å². The van der Waals surface area contributed by atoms with Crippen LogP contribution >= 0.6 is 11.3 Å². The number of thiazole rings is 1. The van der Waals surface area contributed by atoms with E-state index >= 15 is 0 Å². The lowest BCUT2D eigenvalue weighted by Crippen LogP contribution is -2.00. The van der Waals surface area contributed by atoms with Crippen molar-refractivity contribution in [3.63, 3.8) is 0 Å². The highest BCUT2D eigenvalue weighted by Crippen LogP contribution is 2.35. The summed E-state index contributed by atoms with van der Waals surface area (Å²) in [6, 6.07) is 20.1. The van der Waals surface area contributed by atoms with E-state index in [1.165, 1.54) is 0 Å². The minimum absolute atomic E-state index is 0.466. The van der Waals surface area contributed by atoms with E-state index in [2.05, 4.69) is 22.2 Å². The van der Waals surface area contributed by atoms with Gasteiger partial charge in [-0.1, -0.05) is 30.3 Å². The molecule has 0 saturated carbocycles. The second-order valence-electron chi connectivity index (χ2n) is 6.11. The van der Waals surface area contributed by atoms with Gasteiger partial charge in [0.05, 0.1) is 27.2 Å². The average molecular weight is 357 g/mol. The van der Waals surface area contributed by atoms with Gasteiger partial charge < -0.3 is 5.73 Å². The Kier molecular flexibility index (Phi) is 3.26. The number of para-hydroxylation sites is 2. The molecule has 126 valence electrons. The van der Waals surface area contributed by atoms with Gasteiger partial charge >= 0.3 is 0 Å². The highest BCUT2D eigenvalue weighted by molar-refractivity contribution is 7.21. The molecule has 0 unspecified atom stereocenters. The fourth-order valence-corrected chi connectivity index (χ4v) is 4.09. The second kappa shape index (κ2) is 5.64. The number of hydrogen-bond acceptors (Lipinski definition) is 5. The Morgan fingerprint density at radius 3 is 2.54 bits per heavy atom. The Balaban J connectivity index is 1.74. The molecule has 0 aliphatic carbocycles. The van der Waals surface area contributed by atoms with Crippen LogP contribution in [0.3, 0.4) is 0 Å². The molecular weight excluding hydrogens is 342 g/mol. The van der Waals surface area contributed by atoms with Crippen LogP contribution in [0.4, 0.5) is 5.82 Å². The summed E-state index contributed by atoms with van der Waals surface area (Å²) in [5, 5.41) is 6.52. The van der Waals surface area contributed by atoms with Crippen molar-refractivity contribution in [2.75, 3.05) is 5.73 Å². The summed E-state index contributed by atoms with van der Waals surface area (Å²) in [5.74, 6) is 0.466. The Labute approximate surface area is 153 Å². The lowest BCUT2D eigenvalue weighted by molar-refractivity contribution is 0.878. The molecule has 2 N–H and O–H groups in total. The number of aromatic nitrogens is 4. The molecule has 6 heteroatoms. The van der Waals surface area contributed by atoms with Crippen LogP contribution in [0.5, 0.6) is 0 Å². The molecule has 3 aromatic heterocycles. The Hall–Kier alpha value is -3.25. The summed E-state index contributed by atoms with van der Waals surface area (Å²) < 4.78 is 2.97. The maximum Gasteiger partial charge on any atom is 0.165 e. The number of fused-ring (bicyclic) bond motifs is 2. The number of anilines is 1. The Morgan fingerprint density at radius 1 is 0.962 bits per heavy atom. The molecule has 2 aromatic carbocycles. The first-order chi connectivity index (χ1) is 12.7. The number of nitrogens with two attached hydrogens (primary N) is 1. The molecule has 0 aliphatic rings. The fourth-order valence-electron chi connectivity index (χ4n) is 3.10. The van der Waals surface area contributed by atoms with E-state index in [9.17, 15) is 0 Å². The normalized spacial score (nSPS) is 11.4. The monoisotopic (exact) mass is 357 g/mol. The molecule has 0 atom stereocenters. The summed E-state index contributed by atoms with van der Waals surface area (Å²) in [5.41, 5.74) is 10.8. The zero-order valence-corrected chi connectivity index (χ0v) is 14.9. The van der Waals surface area contributed by atoms with Gasteiger partial charge in [0, 0.05) is 5.39 Å². The highest BCUT2D eigenvalue weighted by Gasteiger charge is 2.16. The highest BCUT2D eigenvalue weighted by atomic mass is 32.1. The summed E-state index contributed by atoms with van der Waals surface area (Å²) >= 11 is 1.62. The van der Waals surface area contributed by atoms with Crippen molar-refractivity contribution in [2.45, 2.75) is 6.92 Å². The number of hydrogen-bond donors (Lipinski definition) is 1. The van der Waals surface area contributed by atoms with E-state index in [-0.39, 0.29) is 0 Å². The van der Waals surface area contributed by atoms with Gasteiger partial charge in [-0.15, -0.1) is 11.3 Å². The SMILES string of the molecule is Cc1nn(-c2ccccc2)c2nc(N)c(-c3nc4ccccc4s3)cc12. The predicted molar refractivity (Wildman–Crippen MR) is 107 cm³/mol. The van der Waals surface area contributed by atoms with Crippen molar-refractivity contribution in [3.05, 3.63) is 66.4 Å². The fraction of sp³-hybridized carbons (Fsp3) is 0.0500. The predicted octanol–water partition coefficient (Wildman–Crippen LogP) is 4.59. The van der Waals surface area contributed by atoms with Crippen LogP contribution in [-0.2, 0) is 0 Å². The van der Waals surface area contributed by atoms with E-state index in [1.54, 1.807) is 11.3 Å². The molecule has 0 spiro atoms. The van der Waals surface area contributed by atoms with Crippen molar-refractivity contribution in [3.8, 4) is 16.3 Å². The van der Waals surface area contributed by atoms with Crippen LogP contribution in [-0.4, -0.2) is 19.7 Å². The number of rotatable bonds is 2. The molecule has 0 radical (unpaired) electrons. The second-order valence-corrected chi connectivity index (χ2v) is 7.14. The first-order valence-corrected chi connectivity index (χ1v) is 9.09. The third-order valence-corrected chi connectivity index (χ3v) is 5.47. The van der Waals surface area contributed by atoms with E-state index in [0.29, 0.717) is 5.82 Å². The minimum Gasteiger partial charge on any atom is -0.383 e. The molecule has 0 fully saturated rings. The van der Waals surface area contributed by atoms with Gasteiger partial charge in [-0.3, -0.25) is 0 Å². The quantitative estimate of drug-likeness (QED) is 0.502. The largest absolute Gasteiger partial charge is 0.383 e. The van der Waals surface area contributed by atoms with Crippen molar-refractivity contribution in [2.24, 2.45) is 0 Å². The first kappa shape index (κ1) is 15.0. The van der Waals surface area contributed by atoms with Crippen LogP contribution < -0.4 is 5.73 Å². The molecule has 0 amide bonds. The zero-order chi connectivity index (χ0) is 17.7. The molecule has 26 heavy (non-hydrogen) atoms. The van der Waals surface area contributed by atoms with Crippen molar-refractivity contribution in [1.82, 2.24) is 19.7 Å². The summed E-state index contributed by atoms with van der Waals surface area (Å²) in [6.45, 7) is 1.99. The molecule has 0 saturated heterocycles. The smallest absolute Gasteiger partial charge is 0.165 e.